The Morgan fingerprint density at radius 1 is 1.58 bits per heavy atom. The maximum Gasteiger partial charge on any atom is 0.341 e. The summed E-state index contributed by atoms with van der Waals surface area (Å²) in [6.45, 7) is 0. The van der Waals surface area contributed by atoms with Gasteiger partial charge in [0.15, 0.2) is 4.21 Å². The normalized spacial score (nSPS) is 11.4. The first kappa shape index (κ1) is 9.14. The molecule has 1 N–H and O–H groups in total. The van der Waals surface area contributed by atoms with Gasteiger partial charge >= 0.3 is 16.2 Å². The number of carboxylic acids is 1. The van der Waals surface area contributed by atoms with Crippen LogP contribution in [0.2, 0.25) is 0 Å². The summed E-state index contributed by atoms with van der Waals surface area (Å²) >= 11 is 0.541. The second-order valence-corrected chi connectivity index (χ2v) is 4.38. The topological polar surface area (TPSA) is 71.4 Å². The predicted molar refractivity (Wildman–Crippen MR) is 39.6 cm³/mol. The molecule has 0 aliphatic carbocycles. The van der Waals surface area contributed by atoms with Gasteiger partial charge in [0.05, 0.1) is 5.56 Å². The minimum Gasteiger partial charge on any atom is -0.478 e. The van der Waals surface area contributed by atoms with E-state index < -0.39 is 20.4 Å². The molecule has 0 atom stereocenters. The number of halogens is 1. The van der Waals surface area contributed by atoms with E-state index in [1.54, 1.807) is 0 Å². The molecular formula is C5H3FO4S2. The van der Waals surface area contributed by atoms with E-state index in [0.717, 1.165) is 11.4 Å². The van der Waals surface area contributed by atoms with Crippen LogP contribution in [0.1, 0.15) is 10.4 Å². The molecule has 0 bridgehead atoms. The SMILES string of the molecule is O=C(O)c1csc(S(=O)(=O)F)c1. The van der Waals surface area contributed by atoms with Crippen LogP contribution in [0.15, 0.2) is 15.7 Å². The predicted octanol–water partition coefficient (Wildman–Crippen LogP) is 1.10. The molecular weight excluding hydrogens is 207 g/mol. The lowest BCUT2D eigenvalue weighted by Gasteiger charge is -1.83. The van der Waals surface area contributed by atoms with Gasteiger partial charge in [0.2, 0.25) is 0 Å². The number of hydrogen-bond donors (Lipinski definition) is 1. The van der Waals surface area contributed by atoms with Crippen molar-refractivity contribution >= 4 is 27.5 Å². The van der Waals surface area contributed by atoms with Crippen LogP contribution >= 0.6 is 11.3 Å². The lowest BCUT2D eigenvalue weighted by Crippen LogP contribution is -1.93. The summed E-state index contributed by atoms with van der Waals surface area (Å²) in [4.78, 5) is 10.2. The number of carbonyl (C=O) groups is 1. The molecule has 0 amide bonds. The molecule has 66 valence electrons. The second kappa shape index (κ2) is 2.83. The van der Waals surface area contributed by atoms with Crippen molar-refractivity contribution in [2.45, 2.75) is 4.21 Å². The highest BCUT2D eigenvalue weighted by Gasteiger charge is 2.16. The molecule has 7 heteroatoms. The minimum absolute atomic E-state index is 0.226. The molecule has 0 saturated heterocycles. The maximum atomic E-state index is 12.2. The van der Waals surface area contributed by atoms with Crippen molar-refractivity contribution in [3.05, 3.63) is 17.0 Å². The molecule has 1 aromatic rings. The van der Waals surface area contributed by atoms with E-state index >= 15 is 0 Å². The summed E-state index contributed by atoms with van der Waals surface area (Å²) in [5.41, 5.74) is -0.226. The molecule has 4 nitrogen and oxygen atoms in total. The Morgan fingerprint density at radius 2 is 2.17 bits per heavy atom. The molecule has 0 saturated carbocycles. The minimum atomic E-state index is -4.76. The van der Waals surface area contributed by atoms with Gasteiger partial charge in [-0.2, -0.15) is 8.42 Å². The van der Waals surface area contributed by atoms with Crippen LogP contribution in [0, 0.1) is 0 Å². The molecule has 1 heterocycles. The van der Waals surface area contributed by atoms with Crippen molar-refractivity contribution in [2.24, 2.45) is 0 Å². The van der Waals surface area contributed by atoms with Gasteiger partial charge < -0.3 is 5.11 Å². The molecule has 0 radical (unpaired) electrons. The number of hydrogen-bond acceptors (Lipinski definition) is 4. The van der Waals surface area contributed by atoms with Gasteiger partial charge in [0, 0.05) is 5.38 Å². The van der Waals surface area contributed by atoms with Gasteiger partial charge in [-0.15, -0.1) is 11.3 Å². The zero-order valence-electron chi connectivity index (χ0n) is 5.52. The third-order valence-electron chi connectivity index (χ3n) is 1.06. The highest BCUT2D eigenvalue weighted by molar-refractivity contribution is 7.88. The number of thiophene rings is 1. The van der Waals surface area contributed by atoms with Gasteiger partial charge in [0.1, 0.15) is 0 Å². The second-order valence-electron chi connectivity index (χ2n) is 1.90. The fourth-order valence-corrected chi connectivity index (χ4v) is 2.04. The Morgan fingerprint density at radius 3 is 2.42 bits per heavy atom. The van der Waals surface area contributed by atoms with Crippen LogP contribution in [0.5, 0.6) is 0 Å². The van der Waals surface area contributed by atoms with Crippen LogP contribution in [0.4, 0.5) is 3.89 Å². The van der Waals surface area contributed by atoms with E-state index in [2.05, 4.69) is 0 Å². The average molecular weight is 210 g/mol. The number of rotatable bonds is 2. The molecule has 0 aromatic carbocycles. The summed E-state index contributed by atoms with van der Waals surface area (Å²) < 4.78 is 32.0. The molecule has 0 aliphatic rings. The number of aromatic carboxylic acids is 1. The largest absolute Gasteiger partial charge is 0.478 e. The fraction of sp³-hybridized carbons (Fsp3) is 0. The summed E-state index contributed by atoms with van der Waals surface area (Å²) in [6.07, 6.45) is 0. The highest BCUT2D eigenvalue weighted by Crippen LogP contribution is 2.21. The van der Waals surface area contributed by atoms with Gasteiger partial charge in [-0.25, -0.2) is 4.79 Å². The van der Waals surface area contributed by atoms with E-state index in [1.165, 1.54) is 0 Å². The van der Waals surface area contributed by atoms with E-state index in [-0.39, 0.29) is 5.56 Å². The standard InChI is InChI=1S/C5H3FO4S2/c6-12(9,10)4-1-3(2-11-4)5(7)8/h1-2H,(H,7,8). The van der Waals surface area contributed by atoms with E-state index in [4.69, 9.17) is 5.11 Å². The molecule has 0 fully saturated rings. The van der Waals surface area contributed by atoms with Crippen LogP contribution in [-0.2, 0) is 10.2 Å². The average Bonchev–Trinajstić information content (AvgIpc) is 2.30. The molecule has 1 rings (SSSR count). The monoisotopic (exact) mass is 210 g/mol. The van der Waals surface area contributed by atoms with Gasteiger partial charge in [-0.05, 0) is 6.07 Å². The fourth-order valence-electron chi connectivity index (χ4n) is 0.557. The van der Waals surface area contributed by atoms with Gasteiger partial charge in [-0.1, -0.05) is 3.89 Å². The Balaban J connectivity index is 3.17. The quantitative estimate of drug-likeness (QED) is 0.742. The maximum absolute atomic E-state index is 12.2. The van der Waals surface area contributed by atoms with Crippen molar-refractivity contribution < 1.29 is 22.2 Å². The summed E-state index contributed by atoms with van der Waals surface area (Å²) in [6, 6.07) is 0.780. The van der Waals surface area contributed by atoms with Gasteiger partial charge in [-0.3, -0.25) is 0 Å². The Kier molecular flexibility index (Phi) is 2.16. The lowest BCUT2D eigenvalue weighted by atomic mass is 10.4. The third kappa shape index (κ3) is 1.80. The molecule has 12 heavy (non-hydrogen) atoms. The van der Waals surface area contributed by atoms with E-state index in [1.807, 2.05) is 0 Å². The van der Waals surface area contributed by atoms with E-state index in [0.29, 0.717) is 11.3 Å². The van der Waals surface area contributed by atoms with Crippen LogP contribution in [-0.4, -0.2) is 19.5 Å². The van der Waals surface area contributed by atoms with Crippen molar-refractivity contribution in [2.75, 3.05) is 0 Å². The molecule has 0 spiro atoms. The first-order valence-corrected chi connectivity index (χ1v) is 4.94. The Labute approximate surface area is 71.5 Å². The first-order valence-electron chi connectivity index (χ1n) is 2.68. The van der Waals surface area contributed by atoms with Crippen LogP contribution < -0.4 is 0 Å². The molecule has 0 unspecified atom stereocenters. The van der Waals surface area contributed by atoms with E-state index in [9.17, 15) is 17.1 Å². The lowest BCUT2D eigenvalue weighted by molar-refractivity contribution is 0.0697. The zero-order valence-corrected chi connectivity index (χ0v) is 7.15. The Hall–Kier alpha value is -0.950. The summed E-state index contributed by atoms with van der Waals surface area (Å²) in [5, 5.41) is 9.42. The smallest absolute Gasteiger partial charge is 0.341 e. The van der Waals surface area contributed by atoms with Crippen molar-refractivity contribution in [1.82, 2.24) is 0 Å². The van der Waals surface area contributed by atoms with Gasteiger partial charge in [0.25, 0.3) is 0 Å². The Bertz CT molecular complexity index is 405. The van der Waals surface area contributed by atoms with Crippen molar-refractivity contribution in [3.8, 4) is 0 Å². The zero-order chi connectivity index (χ0) is 9.35. The third-order valence-corrected chi connectivity index (χ3v) is 3.27. The van der Waals surface area contributed by atoms with Crippen LogP contribution in [0.3, 0.4) is 0 Å². The highest BCUT2D eigenvalue weighted by atomic mass is 32.3. The molecule has 1 aromatic heterocycles. The summed E-state index contributed by atoms with van der Waals surface area (Å²) in [5.74, 6) is -1.28. The summed E-state index contributed by atoms with van der Waals surface area (Å²) in [7, 11) is -4.76. The van der Waals surface area contributed by atoms with Crippen molar-refractivity contribution in [3.63, 3.8) is 0 Å². The number of carboxylic acid groups (broad SMARTS) is 1. The first-order chi connectivity index (χ1) is 5.41. The molecule has 0 aliphatic heterocycles. The van der Waals surface area contributed by atoms with Crippen molar-refractivity contribution in [1.29, 1.82) is 0 Å². The van der Waals surface area contributed by atoms with Crippen LogP contribution in [0.25, 0.3) is 0 Å².